The fourth-order valence-corrected chi connectivity index (χ4v) is 2.55. The number of hydrogen-bond donors (Lipinski definition) is 3. The first-order valence-corrected chi connectivity index (χ1v) is 8.03. The number of carbonyl (C=O) groups excluding carboxylic acids is 1. The topological polar surface area (TPSA) is 121 Å². The number of aliphatic carboxylic acids is 1. The maximum absolute atomic E-state index is 12.7. The van der Waals surface area contributed by atoms with Crippen LogP contribution in [-0.2, 0) is 11.2 Å². The van der Waals surface area contributed by atoms with Crippen LogP contribution in [0.3, 0.4) is 0 Å². The van der Waals surface area contributed by atoms with E-state index < -0.39 is 12.0 Å². The molecule has 3 rings (SSSR count). The monoisotopic (exact) mass is 354 g/mol. The molecule has 0 bridgehead atoms. The Hall–Kier alpha value is -3.42. The molecule has 134 valence electrons. The molecule has 1 amide bonds. The lowest BCUT2D eigenvalue weighted by molar-refractivity contribution is -0.136. The van der Waals surface area contributed by atoms with E-state index in [-0.39, 0.29) is 18.2 Å². The molecule has 3 aromatic rings. The van der Waals surface area contributed by atoms with Crippen LogP contribution >= 0.6 is 0 Å². The number of aromatic amines is 1. The highest BCUT2D eigenvalue weighted by Gasteiger charge is 2.21. The van der Waals surface area contributed by atoms with E-state index in [0.717, 1.165) is 5.56 Å². The summed E-state index contributed by atoms with van der Waals surface area (Å²) in [6.07, 6.45) is -0.257. The smallest absolute Gasteiger partial charge is 0.311 e. The van der Waals surface area contributed by atoms with E-state index in [0.29, 0.717) is 22.9 Å². The zero-order valence-corrected chi connectivity index (χ0v) is 14.3. The number of hydrogen-bond acceptors (Lipinski definition) is 5. The summed E-state index contributed by atoms with van der Waals surface area (Å²) in [5.74, 6) is 0.343. The second-order valence-corrected chi connectivity index (χ2v) is 5.87. The highest BCUT2D eigenvalue weighted by Crippen LogP contribution is 2.27. The molecule has 1 aromatic carbocycles. The lowest BCUT2D eigenvalue weighted by Crippen LogP contribution is -2.27. The van der Waals surface area contributed by atoms with Crippen LogP contribution in [0.15, 0.2) is 40.8 Å². The van der Waals surface area contributed by atoms with Crippen LogP contribution in [0, 0.1) is 6.92 Å². The Kier molecular flexibility index (Phi) is 4.83. The molecule has 2 heterocycles. The molecule has 0 saturated heterocycles. The first-order valence-electron chi connectivity index (χ1n) is 8.03. The van der Waals surface area contributed by atoms with Gasteiger partial charge in [-0.1, -0.05) is 30.3 Å². The van der Waals surface area contributed by atoms with Gasteiger partial charge in [-0.15, -0.1) is 0 Å². The normalized spacial score (nSPS) is 11.9. The van der Waals surface area contributed by atoms with Gasteiger partial charge < -0.3 is 14.8 Å². The number of carboxylic acid groups (broad SMARTS) is 1. The van der Waals surface area contributed by atoms with E-state index in [1.54, 1.807) is 19.9 Å². The SMILES string of the molecule is Cc1cc(C(=O)N[C@@H](C)c2n[nH]c(CC(=O)O)n2)c(-c2ccccc2)o1. The molecule has 0 aliphatic heterocycles. The quantitative estimate of drug-likeness (QED) is 0.625. The lowest BCUT2D eigenvalue weighted by atomic mass is 10.1. The fraction of sp³-hybridized carbons (Fsp3) is 0.222. The van der Waals surface area contributed by atoms with Gasteiger partial charge in [-0.25, -0.2) is 4.98 Å². The summed E-state index contributed by atoms with van der Waals surface area (Å²) >= 11 is 0. The van der Waals surface area contributed by atoms with Crippen molar-refractivity contribution in [2.45, 2.75) is 26.3 Å². The Balaban J connectivity index is 1.78. The summed E-state index contributed by atoms with van der Waals surface area (Å²) in [6.45, 7) is 3.50. The second-order valence-electron chi connectivity index (χ2n) is 5.87. The number of aryl methyl sites for hydroxylation is 1. The van der Waals surface area contributed by atoms with Crippen molar-refractivity contribution in [3.63, 3.8) is 0 Å². The van der Waals surface area contributed by atoms with Crippen molar-refractivity contribution in [3.05, 3.63) is 59.4 Å². The number of aromatic nitrogens is 3. The summed E-state index contributed by atoms with van der Waals surface area (Å²) in [6, 6.07) is 10.5. The summed E-state index contributed by atoms with van der Waals surface area (Å²) in [7, 11) is 0. The van der Waals surface area contributed by atoms with Crippen molar-refractivity contribution in [2.24, 2.45) is 0 Å². The molecule has 0 radical (unpaired) electrons. The third kappa shape index (κ3) is 3.80. The van der Waals surface area contributed by atoms with Crippen LogP contribution in [0.5, 0.6) is 0 Å². The minimum absolute atomic E-state index is 0.234. The molecule has 0 aliphatic carbocycles. The number of furan rings is 1. The number of benzene rings is 1. The third-order valence-corrected chi connectivity index (χ3v) is 3.74. The van der Waals surface area contributed by atoms with Crippen molar-refractivity contribution in [2.75, 3.05) is 0 Å². The van der Waals surface area contributed by atoms with Crippen LogP contribution in [-0.4, -0.2) is 32.2 Å². The molecule has 1 atom stereocenters. The Bertz CT molecular complexity index is 930. The van der Waals surface area contributed by atoms with Gasteiger partial charge in [-0.05, 0) is 19.9 Å². The number of carboxylic acids is 1. The average molecular weight is 354 g/mol. The van der Waals surface area contributed by atoms with E-state index in [4.69, 9.17) is 9.52 Å². The van der Waals surface area contributed by atoms with Gasteiger partial charge in [0.15, 0.2) is 5.82 Å². The third-order valence-electron chi connectivity index (χ3n) is 3.74. The van der Waals surface area contributed by atoms with E-state index in [1.165, 1.54) is 0 Å². The van der Waals surface area contributed by atoms with Gasteiger partial charge in [0.1, 0.15) is 23.8 Å². The first kappa shape index (κ1) is 17.4. The van der Waals surface area contributed by atoms with Crippen molar-refractivity contribution in [3.8, 4) is 11.3 Å². The van der Waals surface area contributed by atoms with E-state index in [2.05, 4.69) is 20.5 Å². The van der Waals surface area contributed by atoms with Crippen LogP contribution in [0.25, 0.3) is 11.3 Å². The molecular weight excluding hydrogens is 336 g/mol. The van der Waals surface area contributed by atoms with Crippen molar-refractivity contribution in [1.29, 1.82) is 0 Å². The molecular formula is C18H18N4O4. The zero-order chi connectivity index (χ0) is 18.7. The Morgan fingerprint density at radius 2 is 2.04 bits per heavy atom. The van der Waals surface area contributed by atoms with Crippen LogP contribution < -0.4 is 5.32 Å². The van der Waals surface area contributed by atoms with Gasteiger partial charge in [0.2, 0.25) is 0 Å². The Morgan fingerprint density at radius 1 is 1.31 bits per heavy atom. The molecule has 8 heteroatoms. The van der Waals surface area contributed by atoms with Gasteiger partial charge >= 0.3 is 5.97 Å². The van der Waals surface area contributed by atoms with Gasteiger partial charge in [-0.2, -0.15) is 5.10 Å². The molecule has 0 fully saturated rings. The molecule has 0 unspecified atom stereocenters. The number of H-pyrrole nitrogens is 1. The predicted molar refractivity (Wildman–Crippen MR) is 92.5 cm³/mol. The average Bonchev–Trinajstić information content (AvgIpc) is 3.22. The summed E-state index contributed by atoms with van der Waals surface area (Å²) < 4.78 is 5.69. The van der Waals surface area contributed by atoms with Gasteiger partial charge in [0, 0.05) is 5.56 Å². The largest absolute Gasteiger partial charge is 0.481 e. The van der Waals surface area contributed by atoms with Gasteiger partial charge in [0.05, 0.1) is 11.6 Å². The van der Waals surface area contributed by atoms with E-state index >= 15 is 0 Å². The van der Waals surface area contributed by atoms with Crippen molar-refractivity contribution in [1.82, 2.24) is 20.5 Å². The van der Waals surface area contributed by atoms with Crippen molar-refractivity contribution >= 4 is 11.9 Å². The summed E-state index contributed by atoms with van der Waals surface area (Å²) in [4.78, 5) is 27.5. The standard InChI is InChI=1S/C18H18N4O4/c1-10-8-13(16(26-10)12-6-4-3-5-7-12)18(25)19-11(2)17-20-14(21-22-17)9-15(23)24/h3-8,11H,9H2,1-2H3,(H,19,25)(H,23,24)(H,20,21,22)/t11-/m0/s1. The highest BCUT2D eigenvalue weighted by molar-refractivity contribution is 6.00. The molecule has 0 spiro atoms. The van der Waals surface area contributed by atoms with Crippen LogP contribution in [0.4, 0.5) is 0 Å². The molecule has 26 heavy (non-hydrogen) atoms. The predicted octanol–water partition coefficient (Wildman–Crippen LogP) is 2.49. The number of nitrogens with one attached hydrogen (secondary N) is 2. The fourth-order valence-electron chi connectivity index (χ4n) is 2.55. The number of rotatable bonds is 6. The number of carbonyl (C=O) groups is 2. The molecule has 0 aliphatic rings. The maximum atomic E-state index is 12.7. The Labute approximate surface area is 149 Å². The molecule has 0 saturated carbocycles. The summed E-state index contributed by atoms with van der Waals surface area (Å²) in [5.41, 5.74) is 1.22. The minimum atomic E-state index is -1.01. The van der Waals surface area contributed by atoms with Crippen LogP contribution in [0.1, 0.15) is 40.7 Å². The lowest BCUT2D eigenvalue weighted by Gasteiger charge is -2.10. The van der Waals surface area contributed by atoms with Crippen molar-refractivity contribution < 1.29 is 19.1 Å². The molecule has 3 N–H and O–H groups in total. The zero-order valence-electron chi connectivity index (χ0n) is 14.3. The van der Waals surface area contributed by atoms with E-state index in [1.807, 2.05) is 30.3 Å². The number of nitrogens with zero attached hydrogens (tertiary/aromatic N) is 2. The second kappa shape index (κ2) is 7.22. The maximum Gasteiger partial charge on any atom is 0.311 e. The van der Waals surface area contributed by atoms with Crippen LogP contribution in [0.2, 0.25) is 0 Å². The molecule has 8 nitrogen and oxygen atoms in total. The van der Waals surface area contributed by atoms with E-state index in [9.17, 15) is 9.59 Å². The van der Waals surface area contributed by atoms with Gasteiger partial charge in [-0.3, -0.25) is 14.7 Å². The minimum Gasteiger partial charge on any atom is -0.481 e. The number of amides is 1. The highest BCUT2D eigenvalue weighted by atomic mass is 16.4. The first-order chi connectivity index (χ1) is 12.4. The summed E-state index contributed by atoms with van der Waals surface area (Å²) in [5, 5.41) is 18.1. The Morgan fingerprint density at radius 3 is 2.73 bits per heavy atom. The van der Waals surface area contributed by atoms with Gasteiger partial charge in [0.25, 0.3) is 5.91 Å². The molecule has 2 aromatic heterocycles.